The lowest BCUT2D eigenvalue weighted by Gasteiger charge is -2.28. The second kappa shape index (κ2) is 25.0. The van der Waals surface area contributed by atoms with Gasteiger partial charge in [0.15, 0.2) is 0 Å². The number of rotatable bonds is 25. The highest BCUT2D eigenvalue weighted by atomic mass is 16.4. The first-order valence-electron chi connectivity index (χ1n) is 19.8. The highest BCUT2D eigenvalue weighted by Crippen LogP contribution is 2.11. The SMILES string of the molecule is CC(=O)N[C@@H](Cc1ccccc1)C(=O)N[C@H](C(=O)N[C@@H](CC(C)C)C(=O)N[C@@H](CC(=O)O)C(=O)N[C@@H](C)C(=O)N[C@@H](CC(=O)O)C(=O)N[C@@H](Cc1ccc(N)cc1)C(=O)O)[C@@H](C)O. The van der Waals surface area contributed by atoms with E-state index in [1.165, 1.54) is 38.1 Å². The Morgan fingerprint density at radius 2 is 0.968 bits per heavy atom. The van der Waals surface area contributed by atoms with E-state index in [1.807, 2.05) is 0 Å². The van der Waals surface area contributed by atoms with Crippen molar-refractivity contribution < 1.29 is 68.4 Å². The van der Waals surface area contributed by atoms with E-state index >= 15 is 0 Å². The molecule has 0 aliphatic rings. The quantitative estimate of drug-likeness (QED) is 0.0478. The third-order valence-electron chi connectivity index (χ3n) is 9.19. The average Bonchev–Trinajstić information content (AvgIpc) is 3.18. The van der Waals surface area contributed by atoms with Gasteiger partial charge in [0, 0.05) is 25.5 Å². The third-order valence-corrected chi connectivity index (χ3v) is 9.19. The molecule has 0 aromatic heterocycles. The summed E-state index contributed by atoms with van der Waals surface area (Å²) in [5, 5.41) is 55.3. The van der Waals surface area contributed by atoms with Crippen molar-refractivity contribution in [2.45, 2.75) is 115 Å². The molecule has 22 nitrogen and oxygen atoms in total. The van der Waals surface area contributed by atoms with Gasteiger partial charge in [0.2, 0.25) is 41.4 Å². The summed E-state index contributed by atoms with van der Waals surface area (Å²) in [5.74, 6) is -11.9. The molecular weight excluding hydrogens is 828 g/mol. The molecule has 7 amide bonds. The molecule has 0 saturated heterocycles. The van der Waals surface area contributed by atoms with Crippen LogP contribution in [0.25, 0.3) is 0 Å². The zero-order valence-electron chi connectivity index (χ0n) is 35.4. The van der Waals surface area contributed by atoms with Crippen molar-refractivity contribution in [2.75, 3.05) is 5.73 Å². The topological polar surface area (TPSA) is 362 Å². The number of nitrogens with two attached hydrogens (primary N) is 1. The Labute approximate surface area is 362 Å². The van der Waals surface area contributed by atoms with Gasteiger partial charge in [-0.1, -0.05) is 56.3 Å². The van der Waals surface area contributed by atoms with E-state index in [1.54, 1.807) is 44.2 Å². The third kappa shape index (κ3) is 18.6. The van der Waals surface area contributed by atoms with E-state index in [0.29, 0.717) is 16.8 Å². The highest BCUT2D eigenvalue weighted by molar-refractivity contribution is 5.98. The van der Waals surface area contributed by atoms with Crippen LogP contribution in [0.5, 0.6) is 0 Å². The van der Waals surface area contributed by atoms with Crippen LogP contribution in [-0.4, -0.2) is 128 Å². The molecule has 2 aromatic rings. The van der Waals surface area contributed by atoms with Gasteiger partial charge in [0.25, 0.3) is 0 Å². The van der Waals surface area contributed by atoms with Crippen LogP contribution in [0.2, 0.25) is 0 Å². The number of hydrogen-bond acceptors (Lipinski definition) is 12. The number of carboxylic acid groups (broad SMARTS) is 3. The lowest BCUT2D eigenvalue weighted by molar-refractivity contribution is -0.143. The number of aliphatic carboxylic acids is 3. The Morgan fingerprint density at radius 3 is 1.46 bits per heavy atom. The van der Waals surface area contributed by atoms with Crippen molar-refractivity contribution >= 4 is 64.9 Å². The van der Waals surface area contributed by atoms with Crippen molar-refractivity contribution in [1.29, 1.82) is 0 Å². The second-order valence-corrected chi connectivity index (χ2v) is 15.3. The van der Waals surface area contributed by atoms with E-state index in [4.69, 9.17) is 5.73 Å². The van der Waals surface area contributed by atoms with E-state index in [-0.39, 0.29) is 25.2 Å². The Kier molecular flexibility index (Phi) is 20.6. The molecule has 2 rings (SSSR count). The fourth-order valence-corrected chi connectivity index (χ4v) is 6.01. The van der Waals surface area contributed by atoms with Crippen LogP contribution in [0, 0.1) is 5.92 Å². The second-order valence-electron chi connectivity index (χ2n) is 15.3. The summed E-state index contributed by atoms with van der Waals surface area (Å²) >= 11 is 0. The van der Waals surface area contributed by atoms with Gasteiger partial charge in [-0.15, -0.1) is 0 Å². The summed E-state index contributed by atoms with van der Waals surface area (Å²) < 4.78 is 0. The van der Waals surface area contributed by atoms with E-state index < -0.39 is 120 Å². The van der Waals surface area contributed by atoms with Crippen LogP contribution >= 0.6 is 0 Å². The summed E-state index contributed by atoms with van der Waals surface area (Å²) in [6.45, 7) is 6.86. The first-order chi connectivity index (χ1) is 29.5. The molecule has 0 spiro atoms. The number of nitrogen functional groups attached to an aromatic ring is 1. The van der Waals surface area contributed by atoms with Gasteiger partial charge in [-0.2, -0.15) is 0 Å². The summed E-state index contributed by atoms with van der Waals surface area (Å²) in [6, 6.07) is 3.54. The van der Waals surface area contributed by atoms with Crippen molar-refractivity contribution in [3.05, 3.63) is 65.7 Å². The Hall–Kier alpha value is -7.10. The summed E-state index contributed by atoms with van der Waals surface area (Å²) in [4.78, 5) is 127. The molecule has 2 aromatic carbocycles. The molecule has 0 saturated carbocycles. The number of hydrogen-bond donors (Lipinski definition) is 12. The highest BCUT2D eigenvalue weighted by Gasteiger charge is 2.35. The zero-order chi connectivity index (χ0) is 47.6. The molecule has 63 heavy (non-hydrogen) atoms. The molecule has 0 heterocycles. The van der Waals surface area contributed by atoms with Crippen LogP contribution in [0.4, 0.5) is 5.69 Å². The molecule has 22 heteroatoms. The number of carboxylic acids is 3. The largest absolute Gasteiger partial charge is 0.481 e. The summed E-state index contributed by atoms with van der Waals surface area (Å²) in [5.41, 5.74) is 7.20. The van der Waals surface area contributed by atoms with Crippen molar-refractivity contribution in [2.24, 2.45) is 5.92 Å². The molecule has 0 fully saturated rings. The molecule has 13 N–H and O–H groups in total. The molecule has 0 aliphatic heterocycles. The lowest BCUT2D eigenvalue weighted by atomic mass is 10.0. The number of aliphatic hydroxyl groups excluding tert-OH is 1. The fourth-order valence-electron chi connectivity index (χ4n) is 6.01. The molecule has 0 radical (unpaired) electrons. The first kappa shape index (κ1) is 52.0. The van der Waals surface area contributed by atoms with Gasteiger partial charge >= 0.3 is 17.9 Å². The van der Waals surface area contributed by atoms with Crippen molar-refractivity contribution in [3.63, 3.8) is 0 Å². The molecule has 0 bridgehead atoms. The summed E-state index contributed by atoms with van der Waals surface area (Å²) in [7, 11) is 0. The van der Waals surface area contributed by atoms with Gasteiger partial charge in [0.05, 0.1) is 18.9 Å². The van der Waals surface area contributed by atoms with Gasteiger partial charge in [0.1, 0.15) is 42.3 Å². The van der Waals surface area contributed by atoms with Crippen LogP contribution in [0.15, 0.2) is 54.6 Å². The maximum Gasteiger partial charge on any atom is 0.326 e. The van der Waals surface area contributed by atoms with E-state index in [9.17, 15) is 68.4 Å². The minimum atomic E-state index is -1.87. The fraction of sp³-hybridized carbons (Fsp3) is 0.463. The minimum absolute atomic E-state index is 0.0313. The van der Waals surface area contributed by atoms with Crippen LogP contribution in [0.3, 0.4) is 0 Å². The monoisotopic (exact) mass is 884 g/mol. The number of amides is 7. The minimum Gasteiger partial charge on any atom is -0.481 e. The lowest BCUT2D eigenvalue weighted by Crippen LogP contribution is -2.61. The Bertz CT molecular complexity index is 1960. The van der Waals surface area contributed by atoms with Crippen molar-refractivity contribution in [3.8, 4) is 0 Å². The zero-order valence-corrected chi connectivity index (χ0v) is 35.4. The molecule has 344 valence electrons. The van der Waals surface area contributed by atoms with Crippen LogP contribution in [0.1, 0.15) is 65.0 Å². The van der Waals surface area contributed by atoms with E-state index in [2.05, 4.69) is 37.2 Å². The number of aliphatic hydroxyl groups is 1. The van der Waals surface area contributed by atoms with Crippen LogP contribution in [-0.2, 0) is 60.8 Å². The number of anilines is 1. The van der Waals surface area contributed by atoms with Gasteiger partial charge in [-0.3, -0.25) is 43.2 Å². The number of carbonyl (C=O) groups is 10. The molecular formula is C41H56N8O14. The standard InChI is InChI=1S/C41H56N8O14/c1-20(2)15-27(47-40(61)34(22(4)50)49-39(60)28(44-23(5)51)16-24-9-7-6-8-10-24)37(58)46-29(18-32(52)53)36(57)43-21(3)35(56)45-30(19-33(54)55)38(59)48-31(41(62)63)17-25-11-13-26(42)14-12-25/h6-14,20-22,27-31,34,50H,15-19,42H2,1-5H3,(H,43,57)(H,44,51)(H,45,56)(H,46,58)(H,47,61)(H,48,59)(H,49,60)(H,52,53)(H,54,55)(H,62,63)/t21-,22+,27-,28-,29-,30-,31-,34-/m0/s1. The van der Waals surface area contributed by atoms with Gasteiger partial charge in [-0.05, 0) is 49.4 Å². The maximum absolute atomic E-state index is 13.6. The van der Waals surface area contributed by atoms with Crippen LogP contribution < -0.4 is 43.0 Å². The van der Waals surface area contributed by atoms with Gasteiger partial charge in [-0.25, -0.2) is 4.79 Å². The van der Waals surface area contributed by atoms with E-state index in [0.717, 1.165) is 6.92 Å². The normalized spacial score (nSPS) is 14.7. The number of benzene rings is 2. The number of carbonyl (C=O) groups excluding carboxylic acids is 7. The first-order valence-corrected chi connectivity index (χ1v) is 19.8. The Morgan fingerprint density at radius 1 is 0.524 bits per heavy atom. The predicted molar refractivity (Wildman–Crippen MR) is 223 cm³/mol. The molecule has 0 aliphatic carbocycles. The maximum atomic E-state index is 13.6. The predicted octanol–water partition coefficient (Wildman–Crippen LogP) is -2.05. The smallest absolute Gasteiger partial charge is 0.326 e. The molecule has 0 unspecified atom stereocenters. The average molecular weight is 885 g/mol. The van der Waals surface area contributed by atoms with Gasteiger partial charge < -0.3 is 63.4 Å². The van der Waals surface area contributed by atoms with Crippen molar-refractivity contribution in [1.82, 2.24) is 37.2 Å². The number of nitrogens with one attached hydrogen (secondary N) is 7. The molecule has 8 atom stereocenters. The summed E-state index contributed by atoms with van der Waals surface area (Å²) in [6.07, 6.45) is -3.84. The Balaban J connectivity index is 2.21.